The molecule has 2 atom stereocenters. The molecule has 0 N–H and O–H groups in total. The number of nitrogens with zero attached hydrogens (tertiary/aromatic N) is 4. The van der Waals surface area contributed by atoms with Crippen LogP contribution in [0.1, 0.15) is 132 Å². The summed E-state index contributed by atoms with van der Waals surface area (Å²) in [5.74, 6) is -2.90. The Labute approximate surface area is 321 Å². The Kier molecular flexibility index (Phi) is 12.3. The highest BCUT2D eigenvalue weighted by molar-refractivity contribution is 7.14. The minimum Gasteiger partial charge on any atom is -0.465 e. The van der Waals surface area contributed by atoms with Gasteiger partial charge in [-0.25, -0.2) is 19.8 Å². The predicted molar refractivity (Wildman–Crippen MR) is 206 cm³/mol. The molecule has 2 unspecified atom stereocenters. The number of aromatic nitrogens is 2. The molecule has 2 aromatic heterocycles. The molecule has 6 rings (SSSR count). The van der Waals surface area contributed by atoms with E-state index < -0.39 is 35.6 Å². The summed E-state index contributed by atoms with van der Waals surface area (Å²) in [5, 5.41) is 3.89. The number of amides is 4. The van der Waals surface area contributed by atoms with Gasteiger partial charge in [-0.1, -0.05) is 66.2 Å². The summed E-state index contributed by atoms with van der Waals surface area (Å²) in [7, 11) is 0. The molecule has 0 bridgehead atoms. The van der Waals surface area contributed by atoms with E-state index in [2.05, 4.69) is 37.7 Å². The molecule has 0 fully saturated rings. The Balaban J connectivity index is 1.18. The molecule has 14 heteroatoms. The van der Waals surface area contributed by atoms with Crippen molar-refractivity contribution >= 4 is 79.3 Å². The SMILES string of the molecule is CCCCC(CC)COC(=O)Cc1csc(N2C(=O)c3ccc4c5c(ccc(c35)C2=O)C(=O)N(c2nc(CC(=O)OCC(CC)CCCC)cs2)C4=O)n1. The lowest BCUT2D eigenvalue weighted by molar-refractivity contribution is -0.145. The third-order valence-electron chi connectivity index (χ3n) is 10.1. The van der Waals surface area contributed by atoms with Gasteiger partial charge in [-0.15, -0.1) is 22.7 Å². The first kappa shape index (κ1) is 38.9. The normalized spacial score (nSPS) is 14.9. The lowest BCUT2D eigenvalue weighted by Crippen LogP contribution is -2.43. The zero-order valence-corrected chi connectivity index (χ0v) is 32.6. The molecule has 0 saturated carbocycles. The van der Waals surface area contributed by atoms with E-state index in [1.807, 2.05) is 0 Å². The number of esters is 2. The third kappa shape index (κ3) is 7.85. The molecule has 0 radical (unpaired) electrons. The summed E-state index contributed by atoms with van der Waals surface area (Å²) < 4.78 is 11.0. The molecule has 4 aromatic rings. The largest absolute Gasteiger partial charge is 0.465 e. The van der Waals surface area contributed by atoms with Crippen LogP contribution in [0.5, 0.6) is 0 Å². The maximum atomic E-state index is 13.9. The first-order valence-electron chi connectivity index (χ1n) is 18.7. The van der Waals surface area contributed by atoms with E-state index in [9.17, 15) is 28.8 Å². The minimum absolute atomic E-state index is 0.0975. The second-order valence-electron chi connectivity index (χ2n) is 13.8. The molecule has 0 saturated heterocycles. The average molecular weight is 773 g/mol. The highest BCUT2D eigenvalue weighted by Gasteiger charge is 2.42. The number of carbonyl (C=O) groups excluding carboxylic acids is 6. The first-order valence-corrected chi connectivity index (χ1v) is 20.4. The van der Waals surface area contributed by atoms with Crippen LogP contribution in [0.2, 0.25) is 0 Å². The maximum absolute atomic E-state index is 13.9. The van der Waals surface area contributed by atoms with Crippen molar-refractivity contribution in [2.75, 3.05) is 23.0 Å². The Morgan fingerprint density at radius 3 is 1.28 bits per heavy atom. The van der Waals surface area contributed by atoms with Crippen LogP contribution in [0, 0.1) is 11.8 Å². The summed E-state index contributed by atoms with van der Waals surface area (Å²) in [6.45, 7) is 9.06. The number of rotatable bonds is 18. The average Bonchev–Trinajstić information content (AvgIpc) is 3.82. The summed E-state index contributed by atoms with van der Waals surface area (Å²) in [6, 6.07) is 5.89. The van der Waals surface area contributed by atoms with Gasteiger partial charge in [-0.3, -0.25) is 28.8 Å². The van der Waals surface area contributed by atoms with Gasteiger partial charge in [0.1, 0.15) is 0 Å². The highest BCUT2D eigenvalue weighted by atomic mass is 32.1. The summed E-state index contributed by atoms with van der Waals surface area (Å²) in [4.78, 5) is 91.7. The Bertz CT molecular complexity index is 1890. The molecular weight excluding hydrogens is 729 g/mol. The molecule has 0 aliphatic carbocycles. The first-order chi connectivity index (χ1) is 26.1. The topological polar surface area (TPSA) is 153 Å². The van der Waals surface area contributed by atoms with Crippen LogP contribution >= 0.6 is 22.7 Å². The lowest BCUT2D eigenvalue weighted by Gasteiger charge is -2.30. The van der Waals surface area contributed by atoms with E-state index in [0.717, 1.165) is 83.8 Å². The fourth-order valence-corrected chi connectivity index (χ4v) is 8.44. The molecule has 4 amide bonds. The quantitative estimate of drug-likeness (QED) is 0.0719. The highest BCUT2D eigenvalue weighted by Crippen LogP contribution is 2.41. The van der Waals surface area contributed by atoms with Crippen LogP contribution in [0.15, 0.2) is 35.0 Å². The van der Waals surface area contributed by atoms with Crippen molar-refractivity contribution in [1.29, 1.82) is 0 Å². The number of hydrogen-bond donors (Lipinski definition) is 0. The van der Waals surface area contributed by atoms with Crippen molar-refractivity contribution in [1.82, 2.24) is 9.97 Å². The molecule has 2 aromatic carbocycles. The molecule has 2 aliphatic heterocycles. The molecule has 284 valence electrons. The fraction of sp³-hybridized carbons (Fsp3) is 0.450. The number of benzene rings is 2. The van der Waals surface area contributed by atoms with Gasteiger partial charge in [-0.05, 0) is 48.9 Å². The van der Waals surface area contributed by atoms with Gasteiger partial charge in [-0.2, -0.15) is 0 Å². The second-order valence-corrected chi connectivity index (χ2v) is 15.4. The molecule has 0 spiro atoms. The van der Waals surface area contributed by atoms with E-state index in [1.165, 1.54) is 24.3 Å². The van der Waals surface area contributed by atoms with E-state index >= 15 is 0 Å². The van der Waals surface area contributed by atoms with Crippen LogP contribution < -0.4 is 9.80 Å². The van der Waals surface area contributed by atoms with Crippen LogP contribution in [0.4, 0.5) is 10.3 Å². The lowest BCUT2D eigenvalue weighted by atomic mass is 9.86. The van der Waals surface area contributed by atoms with Crippen molar-refractivity contribution in [2.45, 2.75) is 91.9 Å². The van der Waals surface area contributed by atoms with Crippen molar-refractivity contribution < 1.29 is 38.2 Å². The molecular formula is C40H44N4O8S2. The zero-order valence-electron chi connectivity index (χ0n) is 31.0. The molecule has 54 heavy (non-hydrogen) atoms. The fourth-order valence-electron chi connectivity index (χ4n) is 6.80. The molecule has 2 aliphatic rings. The number of thiazole rings is 2. The number of ether oxygens (including phenoxy) is 2. The number of carbonyl (C=O) groups is 6. The Hall–Kier alpha value is -4.82. The van der Waals surface area contributed by atoms with Crippen LogP contribution in [-0.2, 0) is 31.9 Å². The standard InChI is InChI=1S/C40H44N4O8S2/c1-5-9-11-23(7-3)19-51-31(45)17-25-21-53-39(41-25)43-35(47)27-13-15-29-34-30(16-14-28(33(27)34)36(43)48)38(50)44(37(29)49)40-42-26(22-54-40)18-32(46)52-20-24(8-4)12-10-6-2/h13-16,21-24H,5-12,17-20H2,1-4H3. The van der Waals surface area contributed by atoms with Crippen molar-refractivity contribution in [2.24, 2.45) is 11.8 Å². The minimum atomic E-state index is -0.657. The van der Waals surface area contributed by atoms with Crippen molar-refractivity contribution in [3.63, 3.8) is 0 Å². The van der Waals surface area contributed by atoms with Crippen molar-refractivity contribution in [3.05, 3.63) is 68.7 Å². The van der Waals surface area contributed by atoms with Gasteiger partial charge in [0.2, 0.25) is 0 Å². The number of unbranched alkanes of at least 4 members (excludes halogenated alkanes) is 2. The monoisotopic (exact) mass is 772 g/mol. The van der Waals surface area contributed by atoms with Gasteiger partial charge >= 0.3 is 11.9 Å². The van der Waals surface area contributed by atoms with Crippen LogP contribution in [0.3, 0.4) is 0 Å². The van der Waals surface area contributed by atoms with E-state index in [-0.39, 0.29) is 56.1 Å². The van der Waals surface area contributed by atoms with Gasteiger partial charge in [0, 0.05) is 43.8 Å². The Morgan fingerprint density at radius 2 is 0.963 bits per heavy atom. The number of anilines is 2. The predicted octanol–water partition coefficient (Wildman–Crippen LogP) is 7.96. The molecule has 4 heterocycles. The Morgan fingerprint density at radius 1 is 0.611 bits per heavy atom. The van der Waals surface area contributed by atoms with Gasteiger partial charge in [0.15, 0.2) is 10.3 Å². The van der Waals surface area contributed by atoms with Crippen LogP contribution in [-0.4, -0.2) is 58.7 Å². The van der Waals surface area contributed by atoms with Gasteiger partial charge < -0.3 is 9.47 Å². The second kappa shape index (κ2) is 17.1. The zero-order chi connectivity index (χ0) is 38.5. The van der Waals surface area contributed by atoms with E-state index in [4.69, 9.17) is 9.47 Å². The third-order valence-corrected chi connectivity index (χ3v) is 11.8. The van der Waals surface area contributed by atoms with E-state index in [1.54, 1.807) is 10.8 Å². The van der Waals surface area contributed by atoms with Gasteiger partial charge in [0.25, 0.3) is 23.6 Å². The smallest absolute Gasteiger partial charge is 0.311 e. The molecule has 12 nitrogen and oxygen atoms in total. The number of hydrogen-bond acceptors (Lipinski definition) is 12. The van der Waals surface area contributed by atoms with E-state index in [0.29, 0.717) is 36.4 Å². The van der Waals surface area contributed by atoms with Gasteiger partial charge in [0.05, 0.1) is 37.4 Å². The summed E-state index contributed by atoms with van der Waals surface area (Å²) >= 11 is 2.12. The maximum Gasteiger partial charge on any atom is 0.311 e. The van der Waals surface area contributed by atoms with Crippen molar-refractivity contribution in [3.8, 4) is 0 Å². The van der Waals surface area contributed by atoms with Crippen LogP contribution in [0.25, 0.3) is 10.8 Å². The number of imide groups is 2. The summed E-state index contributed by atoms with van der Waals surface area (Å²) in [5.41, 5.74) is 1.33. The summed E-state index contributed by atoms with van der Waals surface area (Å²) in [6.07, 6.45) is 7.90.